The van der Waals surface area contributed by atoms with Gasteiger partial charge >= 0.3 is 0 Å². The van der Waals surface area contributed by atoms with E-state index in [4.69, 9.17) is 9.47 Å². The smallest absolute Gasteiger partial charge is 0.264 e. The number of fused-ring (bicyclic) bond motifs is 1. The van der Waals surface area contributed by atoms with E-state index in [9.17, 15) is 4.79 Å². The molecule has 0 aliphatic carbocycles. The highest BCUT2D eigenvalue weighted by molar-refractivity contribution is 7.12. The predicted octanol–water partition coefficient (Wildman–Crippen LogP) is 2.44. The third-order valence-electron chi connectivity index (χ3n) is 4.02. The topological polar surface area (TPSA) is 42.0 Å². The number of benzene rings is 1. The molecule has 22 heavy (non-hydrogen) atoms. The number of hydrogen-bond acceptors (Lipinski definition) is 5. The molecule has 0 radical (unpaired) electrons. The summed E-state index contributed by atoms with van der Waals surface area (Å²) in [6.45, 7) is 3.44. The Morgan fingerprint density at radius 1 is 1.05 bits per heavy atom. The molecule has 6 heteroatoms. The molecule has 5 nitrogen and oxygen atoms in total. The number of carbonyl (C=O) groups excluding carboxylic acids is 1. The predicted molar refractivity (Wildman–Crippen MR) is 85.0 cm³/mol. The lowest BCUT2D eigenvalue weighted by atomic mass is 10.2. The fraction of sp³-hybridized carbons (Fsp3) is 0.312. The average molecular weight is 316 g/mol. The van der Waals surface area contributed by atoms with Crippen LogP contribution < -0.4 is 14.4 Å². The Bertz CT molecular complexity index is 679. The van der Waals surface area contributed by atoms with Gasteiger partial charge in [-0.15, -0.1) is 11.3 Å². The molecule has 1 fully saturated rings. The number of rotatable bonds is 2. The summed E-state index contributed by atoms with van der Waals surface area (Å²) in [6.07, 6.45) is 0. The molecule has 0 unspecified atom stereocenters. The highest BCUT2D eigenvalue weighted by atomic mass is 32.1. The molecule has 0 bridgehead atoms. The summed E-state index contributed by atoms with van der Waals surface area (Å²) in [5, 5.41) is 1.94. The maximum atomic E-state index is 12.3. The van der Waals surface area contributed by atoms with Gasteiger partial charge in [0.1, 0.15) is 0 Å². The number of ether oxygens (including phenoxy) is 2. The zero-order valence-electron chi connectivity index (χ0n) is 12.0. The molecule has 1 aromatic heterocycles. The maximum absolute atomic E-state index is 12.3. The van der Waals surface area contributed by atoms with Gasteiger partial charge in [-0.3, -0.25) is 4.79 Å². The normalized spacial score (nSPS) is 16.9. The fourth-order valence-electron chi connectivity index (χ4n) is 2.81. The fourth-order valence-corrected chi connectivity index (χ4v) is 3.50. The molecule has 0 N–H and O–H groups in total. The lowest BCUT2D eigenvalue weighted by Gasteiger charge is -2.36. The summed E-state index contributed by atoms with van der Waals surface area (Å²) in [5.74, 6) is 1.74. The van der Waals surface area contributed by atoms with Crippen molar-refractivity contribution < 1.29 is 14.3 Å². The molecule has 0 saturated carbocycles. The van der Waals surface area contributed by atoms with E-state index in [1.807, 2.05) is 40.6 Å². The summed E-state index contributed by atoms with van der Waals surface area (Å²) in [7, 11) is 0. The quantitative estimate of drug-likeness (QED) is 0.853. The number of carbonyl (C=O) groups is 1. The van der Waals surface area contributed by atoms with Gasteiger partial charge in [-0.2, -0.15) is 0 Å². The molecule has 2 aliphatic rings. The van der Waals surface area contributed by atoms with E-state index in [1.54, 1.807) is 0 Å². The van der Waals surface area contributed by atoms with Crippen LogP contribution >= 0.6 is 11.3 Å². The van der Waals surface area contributed by atoms with E-state index < -0.39 is 0 Å². The second-order valence-electron chi connectivity index (χ2n) is 5.29. The van der Waals surface area contributed by atoms with Crippen LogP contribution in [-0.4, -0.2) is 43.8 Å². The van der Waals surface area contributed by atoms with Crippen LogP contribution in [0.1, 0.15) is 9.67 Å². The highest BCUT2D eigenvalue weighted by Gasteiger charge is 2.24. The molecule has 1 saturated heterocycles. The van der Waals surface area contributed by atoms with Crippen LogP contribution in [0.2, 0.25) is 0 Å². The third kappa shape index (κ3) is 2.39. The Balaban J connectivity index is 1.42. The van der Waals surface area contributed by atoms with Crippen molar-refractivity contribution in [2.24, 2.45) is 0 Å². The lowest BCUT2D eigenvalue weighted by Crippen LogP contribution is -2.48. The molecule has 1 aromatic carbocycles. The Kier molecular flexibility index (Phi) is 3.38. The number of thiophene rings is 1. The first kappa shape index (κ1) is 13.5. The summed E-state index contributed by atoms with van der Waals surface area (Å²) in [6, 6.07) is 9.81. The minimum Gasteiger partial charge on any atom is -0.454 e. The maximum Gasteiger partial charge on any atom is 0.264 e. The summed E-state index contributed by atoms with van der Waals surface area (Å²) in [4.78, 5) is 17.4. The number of amides is 1. The molecule has 1 amide bonds. The van der Waals surface area contributed by atoms with Crippen LogP contribution in [0.4, 0.5) is 5.69 Å². The first-order chi connectivity index (χ1) is 10.8. The van der Waals surface area contributed by atoms with Gasteiger partial charge < -0.3 is 19.3 Å². The van der Waals surface area contributed by atoms with Crippen molar-refractivity contribution in [1.82, 2.24) is 4.90 Å². The average Bonchev–Trinajstić information content (AvgIpc) is 3.25. The number of hydrogen-bond donors (Lipinski definition) is 0. The van der Waals surface area contributed by atoms with E-state index in [-0.39, 0.29) is 5.91 Å². The minimum absolute atomic E-state index is 0.139. The highest BCUT2D eigenvalue weighted by Crippen LogP contribution is 2.35. The molecule has 0 spiro atoms. The number of nitrogens with zero attached hydrogens (tertiary/aromatic N) is 2. The van der Waals surface area contributed by atoms with E-state index >= 15 is 0 Å². The lowest BCUT2D eigenvalue weighted by molar-refractivity contribution is 0.0751. The molecule has 0 atom stereocenters. The van der Waals surface area contributed by atoms with Gasteiger partial charge in [-0.25, -0.2) is 0 Å². The van der Waals surface area contributed by atoms with Crippen molar-refractivity contribution in [1.29, 1.82) is 0 Å². The van der Waals surface area contributed by atoms with E-state index in [0.29, 0.717) is 6.79 Å². The van der Waals surface area contributed by atoms with Gasteiger partial charge in [0, 0.05) is 37.9 Å². The van der Waals surface area contributed by atoms with E-state index in [0.717, 1.165) is 48.2 Å². The summed E-state index contributed by atoms with van der Waals surface area (Å²) >= 11 is 1.50. The van der Waals surface area contributed by atoms with Gasteiger partial charge in [0.25, 0.3) is 5.91 Å². The van der Waals surface area contributed by atoms with Crippen molar-refractivity contribution in [3.63, 3.8) is 0 Å². The minimum atomic E-state index is 0.139. The van der Waals surface area contributed by atoms with Gasteiger partial charge in [0.05, 0.1) is 4.88 Å². The van der Waals surface area contributed by atoms with Gasteiger partial charge in [-0.1, -0.05) is 6.07 Å². The SMILES string of the molecule is O=C(c1cccs1)N1CCN(c2ccc3c(c2)OCO3)CC1. The Hall–Kier alpha value is -2.21. The first-order valence-corrected chi connectivity index (χ1v) is 8.16. The second kappa shape index (κ2) is 5.53. The monoisotopic (exact) mass is 316 g/mol. The molecule has 4 rings (SSSR count). The first-order valence-electron chi connectivity index (χ1n) is 7.29. The van der Waals surface area contributed by atoms with Gasteiger partial charge in [-0.05, 0) is 23.6 Å². The van der Waals surface area contributed by atoms with Crippen LogP contribution in [0, 0.1) is 0 Å². The summed E-state index contributed by atoms with van der Waals surface area (Å²) in [5.41, 5.74) is 1.12. The van der Waals surface area contributed by atoms with Crippen molar-refractivity contribution in [3.05, 3.63) is 40.6 Å². The van der Waals surface area contributed by atoms with Crippen molar-refractivity contribution >= 4 is 22.9 Å². The standard InChI is InChI=1S/C16H16N2O3S/c19-16(15-2-1-9-22-15)18-7-5-17(6-8-18)12-3-4-13-14(10-12)21-11-20-13/h1-4,9-10H,5-8,11H2. The zero-order chi connectivity index (χ0) is 14.9. The Morgan fingerprint density at radius 3 is 2.64 bits per heavy atom. The molecule has 2 aliphatic heterocycles. The van der Waals surface area contributed by atoms with Crippen LogP contribution in [0.5, 0.6) is 11.5 Å². The van der Waals surface area contributed by atoms with Crippen LogP contribution in [-0.2, 0) is 0 Å². The number of piperazine rings is 1. The zero-order valence-corrected chi connectivity index (χ0v) is 12.8. The molecular formula is C16H16N2O3S. The van der Waals surface area contributed by atoms with Crippen LogP contribution in [0.3, 0.4) is 0 Å². The summed E-state index contributed by atoms with van der Waals surface area (Å²) < 4.78 is 10.8. The van der Waals surface area contributed by atoms with E-state index in [1.165, 1.54) is 11.3 Å². The molecule has 2 aromatic rings. The largest absolute Gasteiger partial charge is 0.454 e. The van der Waals surface area contributed by atoms with Crippen molar-refractivity contribution in [2.45, 2.75) is 0 Å². The Morgan fingerprint density at radius 2 is 1.86 bits per heavy atom. The van der Waals surface area contributed by atoms with Crippen molar-refractivity contribution in [3.8, 4) is 11.5 Å². The van der Waals surface area contributed by atoms with E-state index in [2.05, 4.69) is 4.90 Å². The molecule has 114 valence electrons. The molecule has 3 heterocycles. The van der Waals surface area contributed by atoms with Gasteiger partial charge in [0.15, 0.2) is 11.5 Å². The van der Waals surface area contributed by atoms with Crippen molar-refractivity contribution in [2.75, 3.05) is 37.9 Å². The van der Waals surface area contributed by atoms with Crippen LogP contribution in [0.15, 0.2) is 35.7 Å². The molecular weight excluding hydrogens is 300 g/mol. The third-order valence-corrected chi connectivity index (χ3v) is 4.88. The Labute approximate surface area is 132 Å². The van der Waals surface area contributed by atoms with Crippen LogP contribution in [0.25, 0.3) is 0 Å². The second-order valence-corrected chi connectivity index (χ2v) is 6.24. The number of anilines is 1. The van der Waals surface area contributed by atoms with Gasteiger partial charge in [0.2, 0.25) is 6.79 Å².